The molecule has 0 amide bonds. The molecule has 12 aromatic rings. The molecule has 0 saturated heterocycles. The molecule has 0 aliphatic heterocycles. The summed E-state index contributed by atoms with van der Waals surface area (Å²) in [6.45, 7) is 0. The molecule has 4 heterocycles. The van der Waals surface area contributed by atoms with Gasteiger partial charge >= 0.3 is 0 Å². The minimum Gasteiger partial charge on any atom is -0.308 e. The fraction of sp³-hybridized carbons (Fsp3) is 0. The van der Waals surface area contributed by atoms with Gasteiger partial charge in [0.25, 0.3) is 0 Å². The summed E-state index contributed by atoms with van der Waals surface area (Å²) in [7, 11) is 0. The summed E-state index contributed by atoms with van der Waals surface area (Å²) in [6, 6.07) is 65.3. The predicted octanol–water partition coefficient (Wildman–Crippen LogP) is 12.9. The van der Waals surface area contributed by atoms with E-state index in [-0.39, 0.29) is 0 Å². The van der Waals surface area contributed by atoms with Crippen molar-refractivity contribution in [1.82, 2.24) is 18.9 Å². The first kappa shape index (κ1) is 29.3. The van der Waals surface area contributed by atoms with Crippen molar-refractivity contribution in [3.05, 3.63) is 182 Å². The van der Waals surface area contributed by atoms with Gasteiger partial charge in [-0.15, -0.1) is 0 Å². The molecule has 4 nitrogen and oxygen atoms in total. The van der Waals surface area contributed by atoms with Gasteiger partial charge in [-0.3, -0.25) is 4.57 Å². The summed E-state index contributed by atoms with van der Waals surface area (Å²) in [6.07, 6.45) is 0. The van der Waals surface area contributed by atoms with Crippen LogP contribution < -0.4 is 0 Å². The number of rotatable bonds is 4. The van der Waals surface area contributed by atoms with Crippen LogP contribution in [0.3, 0.4) is 0 Å². The average Bonchev–Trinajstić information content (AvgIpc) is 3.88. The fourth-order valence-electron chi connectivity index (χ4n) is 8.84. The number of aromatic nitrogens is 4. The lowest BCUT2D eigenvalue weighted by Gasteiger charge is -2.13. The molecular formula is C50H30N4. The topological polar surface area (TPSA) is 35.1 Å². The molecular weight excluding hydrogens is 657 g/mol. The molecule has 0 saturated carbocycles. The van der Waals surface area contributed by atoms with E-state index in [9.17, 15) is 0 Å². The van der Waals surface area contributed by atoms with Crippen LogP contribution in [0, 0.1) is 0 Å². The molecule has 8 aromatic carbocycles. The Morgan fingerprint density at radius 2 is 0.889 bits per heavy atom. The van der Waals surface area contributed by atoms with Gasteiger partial charge in [-0.2, -0.15) is 0 Å². The normalized spacial score (nSPS) is 12.1. The second-order valence-electron chi connectivity index (χ2n) is 14.2. The van der Waals surface area contributed by atoms with Crippen molar-refractivity contribution < 1.29 is 0 Å². The van der Waals surface area contributed by atoms with E-state index < -0.39 is 0 Å². The molecule has 0 spiro atoms. The highest BCUT2D eigenvalue weighted by Crippen LogP contribution is 2.47. The lowest BCUT2D eigenvalue weighted by atomic mass is 9.98. The van der Waals surface area contributed by atoms with Gasteiger partial charge < -0.3 is 4.40 Å². The molecule has 0 radical (unpaired) electrons. The van der Waals surface area contributed by atoms with Crippen LogP contribution in [-0.4, -0.2) is 18.9 Å². The van der Waals surface area contributed by atoms with Gasteiger partial charge in [0.2, 0.25) is 0 Å². The molecule has 4 aromatic heterocycles. The first-order chi connectivity index (χ1) is 26.8. The van der Waals surface area contributed by atoms with Crippen LogP contribution in [0.2, 0.25) is 0 Å². The monoisotopic (exact) mass is 686 g/mol. The molecule has 0 bridgehead atoms. The SMILES string of the molecule is c1ccc(-c2ccc(-c3ccc4c5cc6c7ccccc7n(-c7nc(-c8ccccc8)nc8ccccc78)c6c6c7ccccc7n(c4c3)c56)cc2)cc1. The van der Waals surface area contributed by atoms with Gasteiger partial charge in [-0.25, -0.2) is 9.97 Å². The Bertz CT molecular complexity index is 3410. The second-order valence-corrected chi connectivity index (χ2v) is 14.2. The molecule has 12 rings (SSSR count). The minimum absolute atomic E-state index is 0.714. The van der Waals surface area contributed by atoms with Crippen LogP contribution >= 0.6 is 0 Å². The van der Waals surface area contributed by atoms with E-state index in [1.807, 2.05) is 18.2 Å². The van der Waals surface area contributed by atoms with Gasteiger partial charge in [0.15, 0.2) is 5.82 Å². The van der Waals surface area contributed by atoms with Crippen LogP contribution in [0.15, 0.2) is 182 Å². The van der Waals surface area contributed by atoms with Gasteiger partial charge in [-0.05, 0) is 58.7 Å². The maximum Gasteiger partial charge on any atom is 0.162 e. The van der Waals surface area contributed by atoms with E-state index in [1.165, 1.54) is 71.1 Å². The maximum absolute atomic E-state index is 5.40. The van der Waals surface area contributed by atoms with E-state index in [0.29, 0.717) is 5.82 Å². The average molecular weight is 687 g/mol. The third-order valence-electron chi connectivity index (χ3n) is 11.3. The van der Waals surface area contributed by atoms with E-state index in [1.54, 1.807) is 0 Å². The zero-order chi connectivity index (χ0) is 35.3. The number of benzene rings is 8. The summed E-state index contributed by atoms with van der Waals surface area (Å²) in [4.78, 5) is 10.5. The van der Waals surface area contributed by atoms with Crippen LogP contribution in [0.1, 0.15) is 0 Å². The highest BCUT2D eigenvalue weighted by molar-refractivity contribution is 6.34. The van der Waals surface area contributed by atoms with Gasteiger partial charge in [0.05, 0.1) is 33.1 Å². The van der Waals surface area contributed by atoms with Crippen molar-refractivity contribution in [2.75, 3.05) is 0 Å². The first-order valence-electron chi connectivity index (χ1n) is 18.4. The van der Waals surface area contributed by atoms with Crippen molar-refractivity contribution in [3.8, 4) is 39.5 Å². The van der Waals surface area contributed by atoms with Crippen molar-refractivity contribution in [1.29, 1.82) is 0 Å². The number of fused-ring (bicyclic) bond motifs is 11. The van der Waals surface area contributed by atoms with Crippen LogP contribution in [-0.2, 0) is 0 Å². The molecule has 0 N–H and O–H groups in total. The Morgan fingerprint density at radius 3 is 1.67 bits per heavy atom. The summed E-state index contributed by atoms with van der Waals surface area (Å²) in [5.74, 6) is 1.60. The Balaban J connectivity index is 1.19. The molecule has 0 aliphatic carbocycles. The van der Waals surface area contributed by atoms with Crippen molar-refractivity contribution in [2.24, 2.45) is 0 Å². The number of hydrogen-bond acceptors (Lipinski definition) is 2. The smallest absolute Gasteiger partial charge is 0.162 e. The van der Waals surface area contributed by atoms with Crippen LogP contribution in [0.4, 0.5) is 0 Å². The molecule has 0 fully saturated rings. The second kappa shape index (κ2) is 11.1. The number of hydrogen-bond donors (Lipinski definition) is 0. The minimum atomic E-state index is 0.714. The van der Waals surface area contributed by atoms with Crippen LogP contribution in [0.25, 0.3) is 110 Å². The van der Waals surface area contributed by atoms with Crippen molar-refractivity contribution in [2.45, 2.75) is 0 Å². The molecule has 0 aliphatic rings. The molecule has 4 heteroatoms. The Kier molecular flexibility index (Phi) is 6.02. The predicted molar refractivity (Wildman–Crippen MR) is 225 cm³/mol. The molecule has 0 atom stereocenters. The largest absolute Gasteiger partial charge is 0.308 e. The van der Waals surface area contributed by atoms with E-state index in [0.717, 1.165) is 33.3 Å². The van der Waals surface area contributed by atoms with Gasteiger partial charge in [0, 0.05) is 43.3 Å². The summed E-state index contributed by atoms with van der Waals surface area (Å²) < 4.78 is 4.89. The molecule has 250 valence electrons. The zero-order valence-corrected chi connectivity index (χ0v) is 29.1. The van der Waals surface area contributed by atoms with Crippen LogP contribution in [0.5, 0.6) is 0 Å². The van der Waals surface area contributed by atoms with Crippen molar-refractivity contribution in [3.63, 3.8) is 0 Å². The number of para-hydroxylation sites is 3. The first-order valence-corrected chi connectivity index (χ1v) is 18.4. The molecule has 54 heavy (non-hydrogen) atoms. The summed E-state index contributed by atoms with van der Waals surface area (Å²) in [5.41, 5.74) is 12.7. The third kappa shape index (κ3) is 4.08. The fourth-order valence-corrected chi connectivity index (χ4v) is 8.84. The zero-order valence-electron chi connectivity index (χ0n) is 29.1. The lowest BCUT2D eigenvalue weighted by Crippen LogP contribution is -2.02. The lowest BCUT2D eigenvalue weighted by molar-refractivity contribution is 1.08. The maximum atomic E-state index is 5.40. The van der Waals surface area contributed by atoms with Gasteiger partial charge in [-0.1, -0.05) is 146 Å². The molecule has 0 unspecified atom stereocenters. The quantitative estimate of drug-likeness (QED) is 0.185. The van der Waals surface area contributed by atoms with E-state index in [4.69, 9.17) is 9.97 Å². The summed E-state index contributed by atoms with van der Waals surface area (Å²) >= 11 is 0. The highest BCUT2D eigenvalue weighted by Gasteiger charge is 2.26. The Morgan fingerprint density at radius 1 is 0.333 bits per heavy atom. The van der Waals surface area contributed by atoms with Gasteiger partial charge in [0.1, 0.15) is 5.82 Å². The Hall–Kier alpha value is -7.30. The van der Waals surface area contributed by atoms with E-state index in [2.05, 4.69) is 173 Å². The van der Waals surface area contributed by atoms with Crippen molar-refractivity contribution >= 4 is 70.8 Å². The highest BCUT2D eigenvalue weighted by atomic mass is 15.1. The summed E-state index contributed by atoms with van der Waals surface area (Å²) in [5, 5.41) is 8.42. The number of nitrogens with zero attached hydrogens (tertiary/aromatic N) is 4. The standard InChI is InChI=1S/C50H30N4/c1-3-13-31(14-4-1)32-23-25-33(26-24-32)35-27-28-37-41-30-40-36-17-8-11-21-43(36)54(48(40)46-39-19-9-12-22-44(39)53(47(41)46)45(37)29-35)50-38-18-7-10-20-42(38)51-49(52-50)34-15-5-2-6-16-34/h1-30H. The van der Waals surface area contributed by atoms with E-state index >= 15 is 0 Å². The third-order valence-corrected chi connectivity index (χ3v) is 11.3. The Labute approximate surface area is 310 Å².